The molecule has 0 N–H and O–H groups in total. The molecule has 0 unspecified atom stereocenters. The Morgan fingerprint density at radius 3 is 2.08 bits per heavy atom. The van der Waals surface area contributed by atoms with Crippen molar-refractivity contribution in [3.8, 4) is 18.2 Å². The lowest BCUT2D eigenvalue weighted by molar-refractivity contribution is 0.544. The molecule has 3 nitrogen and oxygen atoms in total. The first kappa shape index (κ1) is 7.14. The van der Waals surface area contributed by atoms with Crippen molar-refractivity contribution in [1.82, 2.24) is 0 Å². The molecule has 0 aromatic rings. The van der Waals surface area contributed by atoms with E-state index in [-0.39, 0.29) is 10.8 Å². The van der Waals surface area contributed by atoms with Crippen LogP contribution in [-0.2, 0) is 0 Å². The van der Waals surface area contributed by atoms with E-state index in [0.29, 0.717) is 6.42 Å². The summed E-state index contributed by atoms with van der Waals surface area (Å²) < 4.78 is 0. The Morgan fingerprint density at radius 1 is 1.17 bits per heavy atom. The van der Waals surface area contributed by atoms with E-state index < -0.39 is 5.92 Å². The van der Waals surface area contributed by atoms with Crippen LogP contribution in [-0.4, -0.2) is 0 Å². The van der Waals surface area contributed by atoms with Crippen LogP contribution in [0.1, 0.15) is 19.3 Å². The first-order valence-electron chi connectivity index (χ1n) is 3.92. The highest BCUT2D eigenvalue weighted by Crippen LogP contribution is 2.87. The Balaban J connectivity index is 1.99. The summed E-state index contributed by atoms with van der Waals surface area (Å²) in [6.07, 6.45) is 2.43. The van der Waals surface area contributed by atoms with Gasteiger partial charge in [0.25, 0.3) is 0 Å². The molecule has 58 valence electrons. The maximum Gasteiger partial charge on any atom is 0.133 e. The predicted octanol–water partition coefficient (Wildman–Crippen LogP) is 1.34. The van der Waals surface area contributed by atoms with Crippen LogP contribution in [0.25, 0.3) is 0 Å². The Morgan fingerprint density at radius 2 is 1.75 bits per heavy atom. The van der Waals surface area contributed by atoms with Gasteiger partial charge in [-0.1, -0.05) is 0 Å². The lowest BCUT2D eigenvalue weighted by Crippen LogP contribution is -1.98. The van der Waals surface area contributed by atoms with E-state index in [1.165, 1.54) is 0 Å². The first-order chi connectivity index (χ1) is 5.72. The maximum atomic E-state index is 8.71. The van der Waals surface area contributed by atoms with E-state index in [4.69, 9.17) is 15.8 Å². The summed E-state index contributed by atoms with van der Waals surface area (Å²) in [6.45, 7) is 0. The second-order valence-electron chi connectivity index (χ2n) is 3.84. The van der Waals surface area contributed by atoms with Crippen LogP contribution in [0.2, 0.25) is 0 Å². The van der Waals surface area contributed by atoms with Crippen molar-refractivity contribution < 1.29 is 0 Å². The third-order valence-electron chi connectivity index (χ3n) is 3.17. The molecule has 0 aromatic carbocycles. The molecule has 0 radical (unpaired) electrons. The van der Waals surface area contributed by atoms with Crippen molar-refractivity contribution >= 4 is 0 Å². The van der Waals surface area contributed by atoms with E-state index in [2.05, 4.69) is 6.07 Å². The topological polar surface area (TPSA) is 71.4 Å². The van der Waals surface area contributed by atoms with Gasteiger partial charge in [-0.2, -0.15) is 15.8 Å². The molecule has 2 aliphatic carbocycles. The van der Waals surface area contributed by atoms with Crippen LogP contribution >= 0.6 is 0 Å². The lowest BCUT2D eigenvalue weighted by atomic mass is 10.0. The van der Waals surface area contributed by atoms with Crippen LogP contribution < -0.4 is 0 Å². The maximum absolute atomic E-state index is 8.71. The van der Waals surface area contributed by atoms with Gasteiger partial charge in [-0.15, -0.1) is 0 Å². The number of rotatable bonds is 2. The van der Waals surface area contributed by atoms with Gasteiger partial charge in [0.1, 0.15) is 5.92 Å². The number of nitriles is 3. The summed E-state index contributed by atoms with van der Waals surface area (Å²) in [6, 6.07) is 6.16. The Labute approximate surface area is 70.8 Å². The number of hydrogen-bond donors (Lipinski definition) is 0. The fraction of sp³-hybridized carbons (Fsp3) is 0.667. The normalized spacial score (nSPS) is 40.5. The molecular weight excluding hydrogens is 150 g/mol. The molecule has 12 heavy (non-hydrogen) atoms. The Kier molecular flexibility index (Phi) is 1.07. The van der Waals surface area contributed by atoms with E-state index in [1.807, 2.05) is 12.1 Å². The second kappa shape index (κ2) is 1.79. The summed E-state index contributed by atoms with van der Waals surface area (Å²) in [4.78, 5) is 0. The Bertz CT molecular complexity index is 329. The first-order valence-corrected chi connectivity index (χ1v) is 3.92. The van der Waals surface area contributed by atoms with Crippen LogP contribution in [0.4, 0.5) is 0 Å². The second-order valence-corrected chi connectivity index (χ2v) is 3.84. The summed E-state index contributed by atoms with van der Waals surface area (Å²) in [7, 11) is 0. The van der Waals surface area contributed by atoms with Crippen molar-refractivity contribution in [3.63, 3.8) is 0 Å². The summed E-state index contributed by atoms with van der Waals surface area (Å²) in [5, 5.41) is 25.8. The molecule has 0 spiro atoms. The van der Waals surface area contributed by atoms with Gasteiger partial charge in [-0.3, -0.25) is 0 Å². The van der Waals surface area contributed by atoms with Gasteiger partial charge in [-0.25, -0.2) is 0 Å². The lowest BCUT2D eigenvalue weighted by Gasteiger charge is -1.99. The highest BCUT2D eigenvalue weighted by atomic mass is 14.8. The van der Waals surface area contributed by atoms with Gasteiger partial charge in [0.05, 0.1) is 23.6 Å². The van der Waals surface area contributed by atoms with Crippen LogP contribution in [0, 0.1) is 50.7 Å². The zero-order valence-corrected chi connectivity index (χ0v) is 6.54. The molecule has 2 saturated carbocycles. The highest BCUT2D eigenvalue weighted by Gasteiger charge is 2.83. The third kappa shape index (κ3) is 0.626. The molecule has 0 amide bonds. The van der Waals surface area contributed by atoms with Crippen LogP contribution in [0.3, 0.4) is 0 Å². The molecule has 2 rings (SSSR count). The SMILES string of the molecule is N#CC(C#N)CC12CC1(C#N)C2. The van der Waals surface area contributed by atoms with Crippen LogP contribution in [0.15, 0.2) is 0 Å². The van der Waals surface area contributed by atoms with Crippen molar-refractivity contribution in [2.75, 3.05) is 0 Å². The van der Waals surface area contributed by atoms with Gasteiger partial charge < -0.3 is 0 Å². The molecule has 0 bridgehead atoms. The van der Waals surface area contributed by atoms with Crippen molar-refractivity contribution in [3.05, 3.63) is 0 Å². The van der Waals surface area contributed by atoms with Crippen molar-refractivity contribution in [2.24, 2.45) is 16.7 Å². The quantitative estimate of drug-likeness (QED) is 0.607. The smallest absolute Gasteiger partial charge is 0.133 e. The van der Waals surface area contributed by atoms with E-state index in [0.717, 1.165) is 12.8 Å². The van der Waals surface area contributed by atoms with E-state index in [9.17, 15) is 0 Å². The fourth-order valence-corrected chi connectivity index (χ4v) is 2.06. The standard InChI is InChI=1S/C9H7N3/c10-2-7(3-11)1-8-4-9(8,5-8)6-12/h7H,1,4-5H2. The van der Waals surface area contributed by atoms with Gasteiger partial charge in [0, 0.05) is 0 Å². The van der Waals surface area contributed by atoms with Gasteiger partial charge >= 0.3 is 0 Å². The highest BCUT2D eigenvalue weighted by molar-refractivity contribution is 5.40. The van der Waals surface area contributed by atoms with Gasteiger partial charge in [0.15, 0.2) is 0 Å². The minimum atomic E-state index is -0.511. The number of fused-ring (bicyclic) bond motifs is 1. The summed E-state index contributed by atoms with van der Waals surface area (Å²) in [5.74, 6) is -0.511. The molecule has 0 atom stereocenters. The van der Waals surface area contributed by atoms with E-state index >= 15 is 0 Å². The minimum Gasteiger partial charge on any atom is -0.198 e. The largest absolute Gasteiger partial charge is 0.198 e. The molecule has 2 fully saturated rings. The number of hydrogen-bond acceptors (Lipinski definition) is 3. The molecule has 2 aliphatic rings. The van der Waals surface area contributed by atoms with Crippen LogP contribution in [0.5, 0.6) is 0 Å². The average Bonchev–Trinajstić information content (AvgIpc) is 2.86. The van der Waals surface area contributed by atoms with Gasteiger partial charge in [0.2, 0.25) is 0 Å². The molecule has 3 heteroatoms. The molecular formula is C9H7N3. The van der Waals surface area contributed by atoms with Crippen molar-refractivity contribution in [1.29, 1.82) is 15.8 Å². The van der Waals surface area contributed by atoms with E-state index in [1.54, 1.807) is 0 Å². The average molecular weight is 157 g/mol. The Hall–Kier alpha value is -1.53. The van der Waals surface area contributed by atoms with Crippen molar-refractivity contribution in [2.45, 2.75) is 19.3 Å². The summed E-state index contributed by atoms with van der Waals surface area (Å²) >= 11 is 0. The molecule has 0 aliphatic heterocycles. The predicted molar refractivity (Wildman–Crippen MR) is 39.0 cm³/mol. The summed E-state index contributed by atoms with van der Waals surface area (Å²) in [5.41, 5.74) is -0.0309. The van der Waals surface area contributed by atoms with Gasteiger partial charge in [-0.05, 0) is 24.7 Å². The molecule has 0 heterocycles. The molecule has 0 saturated heterocycles. The third-order valence-corrected chi connectivity index (χ3v) is 3.17. The molecule has 0 aromatic heterocycles. The monoisotopic (exact) mass is 157 g/mol. The zero-order valence-electron chi connectivity index (χ0n) is 6.54. The zero-order chi connectivity index (χ0) is 8.82. The fourth-order valence-electron chi connectivity index (χ4n) is 2.06. The number of nitrogens with zero attached hydrogens (tertiary/aromatic N) is 3. The minimum absolute atomic E-state index is 0.0812.